The summed E-state index contributed by atoms with van der Waals surface area (Å²) in [7, 11) is 1.71. The Balaban J connectivity index is 1.67. The molecule has 0 bridgehead atoms. The normalized spacial score (nSPS) is 10.9. The average molecular weight is 309 g/mol. The van der Waals surface area contributed by atoms with Crippen molar-refractivity contribution in [3.63, 3.8) is 0 Å². The molecule has 0 fully saturated rings. The van der Waals surface area contributed by atoms with Gasteiger partial charge in [-0.1, -0.05) is 29.8 Å². The molecule has 3 rings (SSSR count). The van der Waals surface area contributed by atoms with Crippen LogP contribution in [0.15, 0.2) is 47.3 Å². The first-order valence-electron chi connectivity index (χ1n) is 7.57. The van der Waals surface area contributed by atoms with Gasteiger partial charge in [0.05, 0.1) is 11.0 Å². The highest BCUT2D eigenvalue weighted by molar-refractivity contribution is 5.93. The molecule has 2 aromatic carbocycles. The van der Waals surface area contributed by atoms with Crippen molar-refractivity contribution < 1.29 is 4.79 Å². The van der Waals surface area contributed by atoms with Crippen molar-refractivity contribution in [3.8, 4) is 0 Å². The fourth-order valence-corrected chi connectivity index (χ4v) is 2.66. The fraction of sp³-hybridized carbons (Fsp3) is 0.222. The Morgan fingerprint density at radius 2 is 2.04 bits per heavy atom. The van der Waals surface area contributed by atoms with Gasteiger partial charge >= 0.3 is 5.69 Å². The Morgan fingerprint density at radius 3 is 2.83 bits per heavy atom. The number of anilines is 1. The zero-order valence-electron chi connectivity index (χ0n) is 13.2. The van der Waals surface area contributed by atoms with Crippen molar-refractivity contribution >= 4 is 22.6 Å². The summed E-state index contributed by atoms with van der Waals surface area (Å²) < 4.78 is 1.54. The first-order valence-corrected chi connectivity index (χ1v) is 7.57. The summed E-state index contributed by atoms with van der Waals surface area (Å²) in [6.07, 6.45) is 1.13. The molecule has 0 saturated heterocycles. The summed E-state index contributed by atoms with van der Waals surface area (Å²) in [5, 5.41) is 2.88. The first kappa shape index (κ1) is 15.1. The Labute approximate surface area is 134 Å². The zero-order chi connectivity index (χ0) is 16.4. The molecule has 0 unspecified atom stereocenters. The highest BCUT2D eigenvalue weighted by Gasteiger charge is 2.07. The van der Waals surface area contributed by atoms with Gasteiger partial charge < -0.3 is 10.3 Å². The monoisotopic (exact) mass is 309 g/mol. The molecule has 1 heterocycles. The zero-order valence-corrected chi connectivity index (χ0v) is 13.2. The molecular weight excluding hydrogens is 290 g/mol. The number of fused-ring (bicyclic) bond motifs is 1. The summed E-state index contributed by atoms with van der Waals surface area (Å²) in [6, 6.07) is 13.6. The second-order valence-corrected chi connectivity index (χ2v) is 5.76. The lowest BCUT2D eigenvalue weighted by molar-refractivity contribution is -0.116. The molecule has 118 valence electrons. The van der Waals surface area contributed by atoms with Crippen LogP contribution >= 0.6 is 0 Å². The number of hydrogen-bond donors (Lipinski definition) is 2. The maximum Gasteiger partial charge on any atom is 0.326 e. The number of hydrogen-bond acceptors (Lipinski definition) is 2. The lowest BCUT2D eigenvalue weighted by atomic mass is 10.1. The second kappa shape index (κ2) is 6.12. The fourth-order valence-electron chi connectivity index (χ4n) is 2.66. The molecule has 3 aromatic rings. The number of carbonyl (C=O) groups excluding carboxylic acids is 1. The molecule has 5 heteroatoms. The van der Waals surface area contributed by atoms with Gasteiger partial charge in [-0.05, 0) is 37.1 Å². The molecule has 0 aliphatic heterocycles. The van der Waals surface area contributed by atoms with E-state index in [2.05, 4.69) is 16.4 Å². The molecule has 2 N–H and O–H groups in total. The molecule has 0 aliphatic carbocycles. The van der Waals surface area contributed by atoms with Crippen LogP contribution in [0.2, 0.25) is 0 Å². The number of benzene rings is 2. The number of rotatable bonds is 4. The minimum atomic E-state index is -0.164. The van der Waals surface area contributed by atoms with Gasteiger partial charge in [0.25, 0.3) is 0 Å². The molecule has 0 spiro atoms. The van der Waals surface area contributed by atoms with E-state index >= 15 is 0 Å². The van der Waals surface area contributed by atoms with E-state index in [1.165, 1.54) is 5.56 Å². The predicted molar refractivity (Wildman–Crippen MR) is 91.7 cm³/mol. The Kier molecular flexibility index (Phi) is 4.02. The molecule has 5 nitrogen and oxygen atoms in total. The topological polar surface area (TPSA) is 66.9 Å². The maximum absolute atomic E-state index is 12.1. The summed E-state index contributed by atoms with van der Waals surface area (Å²) in [5.41, 5.74) is 4.41. The van der Waals surface area contributed by atoms with E-state index in [0.717, 1.165) is 11.1 Å². The summed E-state index contributed by atoms with van der Waals surface area (Å²) >= 11 is 0. The molecule has 0 atom stereocenters. The molecular formula is C18H19N3O2. The van der Waals surface area contributed by atoms with Crippen LogP contribution in [0.25, 0.3) is 11.0 Å². The van der Waals surface area contributed by atoms with Crippen molar-refractivity contribution in [2.75, 3.05) is 5.32 Å². The number of nitrogens with one attached hydrogen (secondary N) is 2. The van der Waals surface area contributed by atoms with Gasteiger partial charge in [-0.25, -0.2) is 4.79 Å². The van der Waals surface area contributed by atoms with Crippen molar-refractivity contribution in [2.24, 2.45) is 7.05 Å². The van der Waals surface area contributed by atoms with E-state index in [1.54, 1.807) is 23.7 Å². The maximum atomic E-state index is 12.1. The third-order valence-corrected chi connectivity index (χ3v) is 3.91. The van der Waals surface area contributed by atoms with Crippen LogP contribution in [0.3, 0.4) is 0 Å². The van der Waals surface area contributed by atoms with Gasteiger partial charge in [-0.3, -0.25) is 9.36 Å². The number of nitrogens with zero attached hydrogens (tertiary/aromatic N) is 1. The first-order chi connectivity index (χ1) is 11.0. The van der Waals surface area contributed by atoms with Crippen LogP contribution in [0.1, 0.15) is 17.5 Å². The van der Waals surface area contributed by atoms with E-state index in [1.807, 2.05) is 31.2 Å². The number of H-pyrrole nitrogens is 1. The smallest absolute Gasteiger partial charge is 0.326 e. The van der Waals surface area contributed by atoms with Gasteiger partial charge in [0.1, 0.15) is 0 Å². The van der Waals surface area contributed by atoms with Crippen molar-refractivity contribution in [1.29, 1.82) is 0 Å². The van der Waals surface area contributed by atoms with Crippen LogP contribution in [-0.4, -0.2) is 15.5 Å². The van der Waals surface area contributed by atoms with Crippen LogP contribution in [-0.2, 0) is 18.3 Å². The van der Waals surface area contributed by atoms with Crippen LogP contribution in [0.5, 0.6) is 0 Å². The number of aromatic nitrogens is 2. The molecule has 0 aliphatic rings. The van der Waals surface area contributed by atoms with Gasteiger partial charge in [0, 0.05) is 19.2 Å². The number of carbonyl (C=O) groups is 1. The molecule has 1 amide bonds. The Morgan fingerprint density at radius 1 is 1.22 bits per heavy atom. The van der Waals surface area contributed by atoms with Gasteiger partial charge in [0.15, 0.2) is 0 Å². The number of imidazole rings is 1. The van der Waals surface area contributed by atoms with E-state index in [4.69, 9.17) is 0 Å². The van der Waals surface area contributed by atoms with Crippen molar-refractivity contribution in [1.82, 2.24) is 9.55 Å². The lowest BCUT2D eigenvalue weighted by Crippen LogP contribution is -2.12. The quantitative estimate of drug-likeness (QED) is 0.778. The molecule has 23 heavy (non-hydrogen) atoms. The number of aromatic amines is 1. The predicted octanol–water partition coefficient (Wildman–Crippen LogP) is 2.75. The van der Waals surface area contributed by atoms with E-state index in [-0.39, 0.29) is 11.6 Å². The second-order valence-electron chi connectivity index (χ2n) is 5.76. The van der Waals surface area contributed by atoms with Crippen LogP contribution in [0, 0.1) is 6.92 Å². The average Bonchev–Trinajstić information content (AvgIpc) is 2.80. The highest BCUT2D eigenvalue weighted by Crippen LogP contribution is 2.16. The summed E-state index contributed by atoms with van der Waals surface area (Å²) in [6.45, 7) is 2.04. The van der Waals surface area contributed by atoms with Gasteiger partial charge in [-0.2, -0.15) is 0 Å². The largest absolute Gasteiger partial charge is 0.326 e. The van der Waals surface area contributed by atoms with Crippen LogP contribution in [0.4, 0.5) is 5.69 Å². The Hall–Kier alpha value is -2.82. The third-order valence-electron chi connectivity index (χ3n) is 3.91. The summed E-state index contributed by atoms with van der Waals surface area (Å²) in [5.74, 6) is -0.0378. The van der Waals surface area contributed by atoms with E-state index in [0.29, 0.717) is 24.0 Å². The number of aryl methyl sites for hydroxylation is 3. The Bertz CT molecular complexity index is 921. The van der Waals surface area contributed by atoms with E-state index in [9.17, 15) is 9.59 Å². The number of amides is 1. The molecule has 1 aromatic heterocycles. The minimum absolute atomic E-state index is 0.0378. The molecule has 0 radical (unpaired) electrons. The lowest BCUT2D eigenvalue weighted by Gasteiger charge is -2.06. The standard InChI is InChI=1S/C18H19N3O2/c1-12-4-3-5-13(10-12)6-9-17(22)19-14-7-8-16-15(11-14)20-18(23)21(16)2/h3-5,7-8,10-11H,6,9H2,1-2H3,(H,19,22)(H,20,23). The summed E-state index contributed by atoms with van der Waals surface area (Å²) in [4.78, 5) is 26.4. The van der Waals surface area contributed by atoms with Gasteiger partial charge in [0.2, 0.25) is 5.91 Å². The molecule has 0 saturated carbocycles. The minimum Gasteiger partial charge on any atom is -0.326 e. The van der Waals surface area contributed by atoms with Gasteiger partial charge in [-0.15, -0.1) is 0 Å². The third kappa shape index (κ3) is 3.34. The van der Waals surface area contributed by atoms with Crippen molar-refractivity contribution in [3.05, 3.63) is 64.1 Å². The van der Waals surface area contributed by atoms with E-state index < -0.39 is 0 Å². The highest BCUT2D eigenvalue weighted by atomic mass is 16.2. The SMILES string of the molecule is Cc1cccc(CCC(=O)Nc2ccc3c(c2)[nH]c(=O)n3C)c1. The van der Waals surface area contributed by atoms with Crippen LogP contribution < -0.4 is 11.0 Å². The van der Waals surface area contributed by atoms with Crippen molar-refractivity contribution in [2.45, 2.75) is 19.8 Å².